The van der Waals surface area contributed by atoms with E-state index in [0.717, 1.165) is 5.39 Å². The quantitative estimate of drug-likeness (QED) is 0.563. The normalized spacial score (nSPS) is 10.4. The lowest BCUT2D eigenvalue weighted by molar-refractivity contribution is -0.0376. The zero-order chi connectivity index (χ0) is 13.8. The summed E-state index contributed by atoms with van der Waals surface area (Å²) >= 11 is 0. The third kappa shape index (κ3) is 3.02. The molecule has 0 aliphatic carbocycles. The second kappa shape index (κ2) is 5.40. The molecule has 7 nitrogen and oxygen atoms in total. The Kier molecular flexibility index (Phi) is 3.67. The Morgan fingerprint density at radius 3 is 2.79 bits per heavy atom. The fourth-order valence-corrected chi connectivity index (χ4v) is 1.57. The summed E-state index contributed by atoms with van der Waals surface area (Å²) in [6, 6.07) is 7.89. The van der Waals surface area contributed by atoms with Crippen molar-refractivity contribution in [1.82, 2.24) is 10.4 Å². The second-order valence-electron chi connectivity index (χ2n) is 3.87. The van der Waals surface area contributed by atoms with Gasteiger partial charge in [0.25, 0.3) is 5.91 Å². The van der Waals surface area contributed by atoms with Gasteiger partial charge in [0.05, 0.1) is 6.54 Å². The van der Waals surface area contributed by atoms with E-state index in [0.29, 0.717) is 10.6 Å². The van der Waals surface area contributed by atoms with Crippen LogP contribution >= 0.6 is 0 Å². The maximum absolute atomic E-state index is 11.7. The van der Waals surface area contributed by atoms with E-state index < -0.39 is 11.9 Å². The van der Waals surface area contributed by atoms with Crippen molar-refractivity contribution in [2.45, 2.75) is 0 Å². The largest absolute Gasteiger partial charge is 0.451 e. The van der Waals surface area contributed by atoms with Crippen molar-refractivity contribution >= 4 is 22.9 Å². The molecule has 19 heavy (non-hydrogen) atoms. The standard InChI is InChI=1S/C12H13N3O4/c13-12(17)15(18)6-5-14-11(16)10-7-8-3-1-2-4-9(8)19-10/h1-4,7,18H,5-6H2,(H2,13,17)(H,14,16). The van der Waals surface area contributed by atoms with Crippen LogP contribution in [0.25, 0.3) is 11.0 Å². The summed E-state index contributed by atoms with van der Waals surface area (Å²) in [7, 11) is 0. The predicted molar refractivity (Wildman–Crippen MR) is 66.6 cm³/mol. The number of fused-ring (bicyclic) bond motifs is 1. The maximum atomic E-state index is 11.7. The number of hydrogen-bond donors (Lipinski definition) is 3. The lowest BCUT2D eigenvalue weighted by Gasteiger charge is -2.11. The molecule has 0 aliphatic heterocycles. The monoisotopic (exact) mass is 263 g/mol. The number of para-hydroxylation sites is 1. The molecule has 7 heteroatoms. The highest BCUT2D eigenvalue weighted by atomic mass is 16.5. The Hall–Kier alpha value is -2.54. The zero-order valence-electron chi connectivity index (χ0n) is 10.00. The number of nitrogens with one attached hydrogen (secondary N) is 1. The van der Waals surface area contributed by atoms with Gasteiger partial charge in [0.15, 0.2) is 5.76 Å². The lowest BCUT2D eigenvalue weighted by Crippen LogP contribution is -2.39. The topological polar surface area (TPSA) is 109 Å². The summed E-state index contributed by atoms with van der Waals surface area (Å²) in [5.74, 6) is -0.251. The van der Waals surface area contributed by atoms with Crippen LogP contribution in [0.2, 0.25) is 0 Å². The molecule has 2 rings (SSSR count). The molecule has 100 valence electrons. The molecule has 0 spiro atoms. The predicted octanol–water partition coefficient (Wildman–Crippen LogP) is 0.933. The summed E-state index contributed by atoms with van der Waals surface area (Å²) < 4.78 is 5.36. The second-order valence-corrected chi connectivity index (χ2v) is 3.87. The summed E-state index contributed by atoms with van der Waals surface area (Å²) in [5.41, 5.74) is 5.44. The van der Waals surface area contributed by atoms with Crippen LogP contribution in [-0.2, 0) is 0 Å². The van der Waals surface area contributed by atoms with Crippen molar-refractivity contribution in [3.63, 3.8) is 0 Å². The van der Waals surface area contributed by atoms with E-state index >= 15 is 0 Å². The van der Waals surface area contributed by atoms with E-state index in [1.807, 2.05) is 18.2 Å². The van der Waals surface area contributed by atoms with Crippen molar-refractivity contribution in [1.29, 1.82) is 0 Å². The zero-order valence-corrected chi connectivity index (χ0v) is 10.00. The highest BCUT2D eigenvalue weighted by Crippen LogP contribution is 2.18. The van der Waals surface area contributed by atoms with E-state index in [2.05, 4.69) is 5.32 Å². The van der Waals surface area contributed by atoms with Gasteiger partial charge in [-0.1, -0.05) is 18.2 Å². The molecule has 1 aromatic heterocycles. The van der Waals surface area contributed by atoms with Crippen LogP contribution in [0.4, 0.5) is 4.79 Å². The number of benzene rings is 1. The number of urea groups is 1. The molecule has 0 saturated heterocycles. The number of rotatable bonds is 4. The first-order valence-corrected chi connectivity index (χ1v) is 5.60. The van der Waals surface area contributed by atoms with Gasteiger partial charge in [-0.25, -0.2) is 9.86 Å². The van der Waals surface area contributed by atoms with Gasteiger partial charge < -0.3 is 15.5 Å². The van der Waals surface area contributed by atoms with Crippen molar-refractivity contribution in [2.24, 2.45) is 5.73 Å². The number of nitrogens with two attached hydrogens (primary N) is 1. The van der Waals surface area contributed by atoms with Crippen LogP contribution < -0.4 is 11.1 Å². The van der Waals surface area contributed by atoms with Crippen LogP contribution in [0, 0.1) is 0 Å². The molecule has 2 aromatic rings. The first kappa shape index (κ1) is 12.9. The number of primary amides is 1. The van der Waals surface area contributed by atoms with E-state index in [1.54, 1.807) is 12.1 Å². The lowest BCUT2D eigenvalue weighted by atomic mass is 10.2. The van der Waals surface area contributed by atoms with Gasteiger partial charge in [-0.15, -0.1) is 0 Å². The number of carbonyl (C=O) groups is 2. The maximum Gasteiger partial charge on any atom is 0.338 e. The molecule has 1 aromatic carbocycles. The summed E-state index contributed by atoms with van der Waals surface area (Å²) in [5, 5.41) is 12.7. The van der Waals surface area contributed by atoms with Crippen LogP contribution in [0.15, 0.2) is 34.7 Å². The molecule has 0 bridgehead atoms. The van der Waals surface area contributed by atoms with E-state index in [-0.39, 0.29) is 18.8 Å². The van der Waals surface area contributed by atoms with Gasteiger partial charge in [0.1, 0.15) is 5.58 Å². The van der Waals surface area contributed by atoms with Gasteiger partial charge in [-0.05, 0) is 12.1 Å². The smallest absolute Gasteiger partial charge is 0.338 e. The van der Waals surface area contributed by atoms with Gasteiger partial charge in [0.2, 0.25) is 0 Å². The number of amides is 3. The Morgan fingerprint density at radius 1 is 1.37 bits per heavy atom. The average molecular weight is 263 g/mol. The van der Waals surface area contributed by atoms with E-state index in [9.17, 15) is 9.59 Å². The van der Waals surface area contributed by atoms with E-state index in [1.165, 1.54) is 0 Å². The fraction of sp³-hybridized carbons (Fsp3) is 0.167. The minimum atomic E-state index is -0.974. The molecule has 3 amide bonds. The van der Waals surface area contributed by atoms with Gasteiger partial charge >= 0.3 is 6.03 Å². The molecule has 0 unspecified atom stereocenters. The molecule has 0 fully saturated rings. The van der Waals surface area contributed by atoms with Crippen LogP contribution in [0.1, 0.15) is 10.6 Å². The first-order chi connectivity index (χ1) is 9.08. The summed E-state index contributed by atoms with van der Waals surface area (Å²) in [6.07, 6.45) is 0. The van der Waals surface area contributed by atoms with Gasteiger partial charge in [-0.2, -0.15) is 0 Å². The Balaban J connectivity index is 1.94. The number of nitrogens with zero attached hydrogens (tertiary/aromatic N) is 1. The van der Waals surface area contributed by atoms with Crippen molar-refractivity contribution in [3.05, 3.63) is 36.1 Å². The van der Waals surface area contributed by atoms with Gasteiger partial charge in [-0.3, -0.25) is 10.0 Å². The molecule has 0 radical (unpaired) electrons. The van der Waals surface area contributed by atoms with E-state index in [4.69, 9.17) is 15.4 Å². The Labute approximate surface area is 108 Å². The average Bonchev–Trinajstić information content (AvgIpc) is 2.82. The minimum Gasteiger partial charge on any atom is -0.451 e. The van der Waals surface area contributed by atoms with Crippen LogP contribution in [0.3, 0.4) is 0 Å². The van der Waals surface area contributed by atoms with Gasteiger partial charge in [0, 0.05) is 11.9 Å². The Bertz CT molecular complexity index is 575. The van der Waals surface area contributed by atoms with Crippen molar-refractivity contribution in [2.75, 3.05) is 13.1 Å². The third-order valence-electron chi connectivity index (χ3n) is 2.51. The highest BCUT2D eigenvalue weighted by Gasteiger charge is 2.12. The molecular weight excluding hydrogens is 250 g/mol. The molecule has 0 aliphatic rings. The number of carbonyl (C=O) groups excluding carboxylic acids is 2. The minimum absolute atomic E-state index is 0.0648. The molecular formula is C12H13N3O4. The molecule has 0 saturated carbocycles. The number of hydrogen-bond acceptors (Lipinski definition) is 4. The third-order valence-corrected chi connectivity index (χ3v) is 2.51. The molecule has 4 N–H and O–H groups in total. The van der Waals surface area contributed by atoms with Crippen molar-refractivity contribution in [3.8, 4) is 0 Å². The molecule has 1 heterocycles. The fourth-order valence-electron chi connectivity index (χ4n) is 1.57. The number of hydroxylamine groups is 2. The highest BCUT2D eigenvalue weighted by molar-refractivity contribution is 5.96. The van der Waals surface area contributed by atoms with Crippen LogP contribution in [-0.4, -0.2) is 35.3 Å². The summed E-state index contributed by atoms with van der Waals surface area (Å²) in [6.45, 7) is -0.0311. The SMILES string of the molecule is NC(=O)N(O)CCNC(=O)c1cc2ccccc2o1. The van der Waals surface area contributed by atoms with Crippen molar-refractivity contribution < 1.29 is 19.2 Å². The first-order valence-electron chi connectivity index (χ1n) is 5.60. The number of furan rings is 1. The molecule has 0 atom stereocenters. The summed E-state index contributed by atoms with van der Waals surface area (Å²) in [4.78, 5) is 22.3. The Morgan fingerprint density at radius 2 is 2.11 bits per heavy atom. The van der Waals surface area contributed by atoms with Crippen LogP contribution in [0.5, 0.6) is 0 Å².